The summed E-state index contributed by atoms with van der Waals surface area (Å²) < 4.78 is 0. The van der Waals surface area contributed by atoms with E-state index in [0.29, 0.717) is 0 Å². The van der Waals surface area contributed by atoms with E-state index < -0.39 is 6.09 Å². The second kappa shape index (κ2) is 10.8. The molecule has 0 radical (unpaired) electrons. The van der Waals surface area contributed by atoms with Crippen molar-refractivity contribution in [3.63, 3.8) is 0 Å². The van der Waals surface area contributed by atoms with Crippen molar-refractivity contribution in [1.29, 1.82) is 0 Å². The van der Waals surface area contributed by atoms with E-state index in [1.54, 1.807) is 0 Å². The number of aliphatic hydroxyl groups excluding tert-OH is 1. The normalized spacial score (nSPS) is 10.0. The first kappa shape index (κ1) is 16.2. The van der Waals surface area contributed by atoms with E-state index in [-0.39, 0.29) is 6.61 Å². The van der Waals surface area contributed by atoms with Crippen molar-refractivity contribution in [3.05, 3.63) is 23.3 Å². The predicted molar refractivity (Wildman–Crippen MR) is 61.7 cm³/mol. The Bertz CT molecular complexity index is 224. The fourth-order valence-corrected chi connectivity index (χ4v) is 0.846. The molecule has 0 aromatic heterocycles. The van der Waals surface area contributed by atoms with Crippen molar-refractivity contribution in [1.82, 2.24) is 0 Å². The molecule has 0 aliphatic carbocycles. The van der Waals surface area contributed by atoms with Gasteiger partial charge in [-0.05, 0) is 33.6 Å². The van der Waals surface area contributed by atoms with Crippen LogP contribution in [0.2, 0.25) is 0 Å². The Hall–Kier alpha value is -1.29. The first-order valence-corrected chi connectivity index (χ1v) is 4.78. The second-order valence-electron chi connectivity index (χ2n) is 3.39. The van der Waals surface area contributed by atoms with Gasteiger partial charge in [0.15, 0.2) is 0 Å². The zero-order valence-electron chi connectivity index (χ0n) is 9.66. The molecule has 0 aliphatic rings. The Morgan fingerprint density at radius 2 is 1.73 bits per heavy atom. The minimum Gasteiger partial charge on any atom is -0.465 e. The van der Waals surface area contributed by atoms with Crippen molar-refractivity contribution < 1.29 is 15.0 Å². The summed E-state index contributed by atoms with van der Waals surface area (Å²) in [7, 11) is 0. The summed E-state index contributed by atoms with van der Waals surface area (Å²) in [5, 5.41) is 15.7. The first-order valence-electron chi connectivity index (χ1n) is 4.78. The summed E-state index contributed by atoms with van der Waals surface area (Å²) in [4.78, 5) is 8.78. The third-order valence-electron chi connectivity index (χ3n) is 1.53. The minimum absolute atomic E-state index is 0.167. The van der Waals surface area contributed by atoms with Gasteiger partial charge in [-0.15, -0.1) is 0 Å². The highest BCUT2D eigenvalue weighted by atomic mass is 16.4. The monoisotopic (exact) mass is 215 g/mol. The summed E-state index contributed by atoms with van der Waals surface area (Å²) in [6, 6.07) is 0. The van der Waals surface area contributed by atoms with Crippen molar-refractivity contribution in [3.8, 4) is 0 Å². The summed E-state index contributed by atoms with van der Waals surface area (Å²) in [5.41, 5.74) is 6.66. The van der Waals surface area contributed by atoms with E-state index in [2.05, 4.69) is 32.6 Å². The number of nitrogens with two attached hydrogens (primary N) is 1. The Morgan fingerprint density at radius 1 is 1.27 bits per heavy atom. The average molecular weight is 215 g/mol. The van der Waals surface area contributed by atoms with Crippen LogP contribution >= 0.6 is 0 Å². The van der Waals surface area contributed by atoms with Crippen LogP contribution in [0, 0.1) is 0 Å². The van der Waals surface area contributed by atoms with Crippen LogP contribution in [0.4, 0.5) is 4.79 Å². The van der Waals surface area contributed by atoms with Gasteiger partial charge < -0.3 is 15.9 Å². The number of hydrogen-bond donors (Lipinski definition) is 3. The molecular formula is C11H21NO3. The van der Waals surface area contributed by atoms with E-state index in [1.165, 1.54) is 11.1 Å². The Labute approximate surface area is 91.1 Å². The van der Waals surface area contributed by atoms with Gasteiger partial charge >= 0.3 is 6.09 Å². The lowest BCUT2D eigenvalue weighted by atomic mass is 10.1. The van der Waals surface area contributed by atoms with Crippen LogP contribution in [-0.2, 0) is 0 Å². The SMILES string of the molecule is CC(C)=CCC/C(C)=C/CO.NC(=O)O. The zero-order valence-corrected chi connectivity index (χ0v) is 9.66. The molecule has 15 heavy (non-hydrogen) atoms. The number of allylic oxidation sites excluding steroid dienone is 3. The maximum atomic E-state index is 8.78. The van der Waals surface area contributed by atoms with Crippen LogP contribution in [0.5, 0.6) is 0 Å². The molecule has 0 aliphatic heterocycles. The fourth-order valence-electron chi connectivity index (χ4n) is 0.846. The Balaban J connectivity index is 0. The maximum Gasteiger partial charge on any atom is 0.402 e. The molecular weight excluding hydrogens is 194 g/mol. The fraction of sp³-hybridized carbons (Fsp3) is 0.545. The van der Waals surface area contributed by atoms with Crippen LogP contribution in [0.3, 0.4) is 0 Å². The molecule has 4 N–H and O–H groups in total. The smallest absolute Gasteiger partial charge is 0.402 e. The summed E-state index contributed by atoms with van der Waals surface area (Å²) in [6.07, 6.45) is 4.89. The predicted octanol–water partition coefficient (Wildman–Crippen LogP) is 2.29. The number of carboxylic acid groups (broad SMARTS) is 1. The minimum atomic E-state index is -1.33. The van der Waals surface area contributed by atoms with Gasteiger partial charge in [-0.25, -0.2) is 4.79 Å². The van der Waals surface area contributed by atoms with E-state index in [9.17, 15) is 0 Å². The number of carbonyl (C=O) groups is 1. The topological polar surface area (TPSA) is 83.5 Å². The van der Waals surface area contributed by atoms with Crippen LogP contribution < -0.4 is 5.73 Å². The highest BCUT2D eigenvalue weighted by Crippen LogP contribution is 2.05. The molecule has 0 saturated heterocycles. The molecule has 0 bridgehead atoms. The molecule has 0 fully saturated rings. The molecule has 0 atom stereocenters. The summed E-state index contributed by atoms with van der Waals surface area (Å²) >= 11 is 0. The molecule has 0 rings (SSSR count). The van der Waals surface area contributed by atoms with Gasteiger partial charge in [-0.3, -0.25) is 0 Å². The lowest BCUT2D eigenvalue weighted by Crippen LogP contribution is -2.03. The third-order valence-corrected chi connectivity index (χ3v) is 1.53. The molecule has 0 saturated carbocycles. The molecule has 4 nitrogen and oxygen atoms in total. The van der Waals surface area contributed by atoms with Crippen molar-refractivity contribution in [2.24, 2.45) is 5.73 Å². The third kappa shape index (κ3) is 24.5. The molecule has 1 amide bonds. The molecule has 88 valence electrons. The maximum absolute atomic E-state index is 8.78. The molecule has 4 heteroatoms. The second-order valence-corrected chi connectivity index (χ2v) is 3.39. The molecule has 0 heterocycles. The van der Waals surface area contributed by atoms with Gasteiger partial charge in [0.25, 0.3) is 0 Å². The van der Waals surface area contributed by atoms with Gasteiger partial charge in [0.1, 0.15) is 0 Å². The quantitative estimate of drug-likeness (QED) is 0.629. The van der Waals surface area contributed by atoms with Gasteiger partial charge in [-0.2, -0.15) is 0 Å². The van der Waals surface area contributed by atoms with Gasteiger partial charge in [0.2, 0.25) is 0 Å². The molecule has 0 aromatic rings. The van der Waals surface area contributed by atoms with Gasteiger partial charge in [0.05, 0.1) is 6.61 Å². The van der Waals surface area contributed by atoms with Gasteiger partial charge in [-0.1, -0.05) is 23.3 Å². The van der Waals surface area contributed by atoms with Gasteiger partial charge in [0, 0.05) is 0 Å². The van der Waals surface area contributed by atoms with E-state index in [1.807, 2.05) is 6.08 Å². The number of hydrogen-bond acceptors (Lipinski definition) is 2. The highest BCUT2D eigenvalue weighted by molar-refractivity contribution is 5.61. The molecule has 0 spiro atoms. The van der Waals surface area contributed by atoms with Crippen molar-refractivity contribution >= 4 is 6.09 Å². The van der Waals surface area contributed by atoms with Crippen LogP contribution in [-0.4, -0.2) is 22.9 Å². The lowest BCUT2D eigenvalue weighted by Gasteiger charge is -1.96. The van der Waals surface area contributed by atoms with Crippen molar-refractivity contribution in [2.75, 3.05) is 6.61 Å². The summed E-state index contributed by atoms with van der Waals surface area (Å²) in [5.74, 6) is 0. The average Bonchev–Trinajstić information content (AvgIpc) is 2.02. The van der Waals surface area contributed by atoms with E-state index in [4.69, 9.17) is 15.0 Å². The molecule has 0 unspecified atom stereocenters. The largest absolute Gasteiger partial charge is 0.465 e. The molecule has 0 aromatic carbocycles. The van der Waals surface area contributed by atoms with Crippen LogP contribution in [0.15, 0.2) is 23.3 Å². The number of rotatable bonds is 4. The van der Waals surface area contributed by atoms with Crippen LogP contribution in [0.25, 0.3) is 0 Å². The standard InChI is InChI=1S/C10H18O.CH3NO2/c1-9(2)5-4-6-10(3)7-8-11;2-1(3)4/h5,7,11H,4,6,8H2,1-3H3;2H2,(H,3,4)/b10-7+;. The number of amides is 1. The Kier molecular flexibility index (Phi) is 11.6. The van der Waals surface area contributed by atoms with E-state index in [0.717, 1.165) is 12.8 Å². The van der Waals surface area contributed by atoms with Crippen LogP contribution in [0.1, 0.15) is 33.6 Å². The number of aliphatic hydroxyl groups is 1. The zero-order chi connectivity index (χ0) is 12.3. The van der Waals surface area contributed by atoms with Crippen molar-refractivity contribution in [2.45, 2.75) is 33.6 Å². The lowest BCUT2D eigenvalue weighted by molar-refractivity contribution is 0.205. The number of primary amides is 1. The summed E-state index contributed by atoms with van der Waals surface area (Å²) in [6.45, 7) is 6.42. The highest BCUT2D eigenvalue weighted by Gasteiger charge is 1.86. The first-order chi connectivity index (χ1) is 6.90. The van der Waals surface area contributed by atoms with E-state index >= 15 is 0 Å². The Morgan fingerprint density at radius 3 is 2.07 bits per heavy atom.